The summed E-state index contributed by atoms with van der Waals surface area (Å²) in [7, 11) is 1.73. The van der Waals surface area contributed by atoms with Gasteiger partial charge in [0.05, 0.1) is 6.61 Å². The number of hydrogen-bond acceptors (Lipinski definition) is 1. The Hall–Kier alpha value is -0.560. The first-order chi connectivity index (χ1) is 5.74. The molecule has 0 saturated carbocycles. The van der Waals surface area contributed by atoms with E-state index in [0.29, 0.717) is 5.92 Å². The Bertz CT molecular complexity index is 191. The highest BCUT2D eigenvalue weighted by Gasteiger charge is 2.14. The van der Waals surface area contributed by atoms with Crippen molar-refractivity contribution in [1.29, 1.82) is 0 Å². The van der Waals surface area contributed by atoms with E-state index in [0.717, 1.165) is 13.0 Å². The fourth-order valence-electron chi connectivity index (χ4n) is 1.64. The molecule has 1 aliphatic rings. The molecule has 0 spiro atoms. The lowest BCUT2D eigenvalue weighted by Crippen LogP contribution is -2.10. The van der Waals surface area contributed by atoms with Gasteiger partial charge < -0.3 is 4.74 Å². The van der Waals surface area contributed by atoms with E-state index in [4.69, 9.17) is 4.74 Å². The predicted octanol–water partition coefficient (Wildman–Crippen LogP) is 2.94. The number of hydrogen-bond donors (Lipinski definition) is 0. The molecule has 0 aromatic carbocycles. The van der Waals surface area contributed by atoms with E-state index in [9.17, 15) is 0 Å². The molecular weight excluding hydrogens is 148 g/mol. The van der Waals surface area contributed by atoms with Crippen molar-refractivity contribution in [2.45, 2.75) is 26.2 Å². The van der Waals surface area contributed by atoms with Crippen LogP contribution in [0.2, 0.25) is 0 Å². The molecule has 1 atom stereocenters. The van der Waals surface area contributed by atoms with Gasteiger partial charge >= 0.3 is 0 Å². The molecule has 0 aromatic rings. The van der Waals surface area contributed by atoms with Gasteiger partial charge in [-0.1, -0.05) is 18.2 Å². The zero-order valence-corrected chi connectivity index (χ0v) is 8.10. The molecule has 0 radical (unpaired) electrons. The van der Waals surface area contributed by atoms with Crippen LogP contribution in [0.5, 0.6) is 0 Å². The van der Waals surface area contributed by atoms with Crippen molar-refractivity contribution in [2.24, 2.45) is 5.92 Å². The Balaban J connectivity index is 2.40. The topological polar surface area (TPSA) is 9.23 Å². The first kappa shape index (κ1) is 9.53. The van der Waals surface area contributed by atoms with Gasteiger partial charge in [-0.15, -0.1) is 0 Å². The fourth-order valence-corrected chi connectivity index (χ4v) is 1.64. The summed E-state index contributed by atoms with van der Waals surface area (Å²) >= 11 is 0. The van der Waals surface area contributed by atoms with Crippen LogP contribution in [-0.2, 0) is 4.74 Å². The maximum absolute atomic E-state index is 5.06. The van der Waals surface area contributed by atoms with E-state index in [1.54, 1.807) is 7.11 Å². The van der Waals surface area contributed by atoms with Gasteiger partial charge in [-0.25, -0.2) is 0 Å². The second-order valence-corrected chi connectivity index (χ2v) is 3.61. The Kier molecular flexibility index (Phi) is 3.54. The van der Waals surface area contributed by atoms with Gasteiger partial charge in [-0.05, 0) is 37.7 Å². The third-order valence-corrected chi connectivity index (χ3v) is 2.55. The van der Waals surface area contributed by atoms with Gasteiger partial charge in [-0.3, -0.25) is 0 Å². The lowest BCUT2D eigenvalue weighted by Gasteiger charge is -2.22. The van der Waals surface area contributed by atoms with Crippen LogP contribution in [0.1, 0.15) is 26.2 Å². The van der Waals surface area contributed by atoms with Crippen molar-refractivity contribution in [2.75, 3.05) is 13.7 Å². The monoisotopic (exact) mass is 166 g/mol. The summed E-state index contributed by atoms with van der Waals surface area (Å²) in [6.07, 6.45) is 5.97. The van der Waals surface area contributed by atoms with Crippen molar-refractivity contribution >= 4 is 0 Å². The van der Waals surface area contributed by atoms with Crippen LogP contribution in [0.15, 0.2) is 23.8 Å². The van der Waals surface area contributed by atoms with Gasteiger partial charge in [0.15, 0.2) is 0 Å². The van der Waals surface area contributed by atoms with E-state index in [2.05, 4.69) is 19.6 Å². The molecule has 0 heterocycles. The van der Waals surface area contributed by atoms with Crippen LogP contribution in [0.4, 0.5) is 0 Å². The lowest BCUT2D eigenvalue weighted by atomic mass is 9.86. The fraction of sp³-hybridized carbons (Fsp3) is 0.636. The standard InChI is InChI=1S/C11H18O/c1-9-4-6-11(7-5-9)10(2)8-12-3/h4,11H,2,5-8H2,1,3H3/t11-/m0/s1. The molecule has 0 amide bonds. The quantitative estimate of drug-likeness (QED) is 0.586. The van der Waals surface area contributed by atoms with Crippen molar-refractivity contribution < 1.29 is 4.74 Å². The number of allylic oxidation sites excluding steroid dienone is 2. The molecule has 0 saturated heterocycles. The molecule has 1 aliphatic carbocycles. The van der Waals surface area contributed by atoms with Gasteiger partial charge in [0.2, 0.25) is 0 Å². The summed E-state index contributed by atoms with van der Waals surface area (Å²) in [5.74, 6) is 0.661. The average Bonchev–Trinajstić information content (AvgIpc) is 2.06. The summed E-state index contributed by atoms with van der Waals surface area (Å²) in [6.45, 7) is 6.96. The minimum absolute atomic E-state index is 0.661. The Labute approximate surface area is 75.1 Å². The molecule has 68 valence electrons. The van der Waals surface area contributed by atoms with Crippen LogP contribution >= 0.6 is 0 Å². The van der Waals surface area contributed by atoms with Crippen molar-refractivity contribution in [3.8, 4) is 0 Å². The zero-order chi connectivity index (χ0) is 8.97. The molecule has 0 aromatic heterocycles. The molecular formula is C11H18O. The lowest BCUT2D eigenvalue weighted by molar-refractivity contribution is 0.214. The molecule has 1 heteroatoms. The van der Waals surface area contributed by atoms with E-state index in [-0.39, 0.29) is 0 Å². The Morgan fingerprint density at radius 3 is 3.00 bits per heavy atom. The van der Waals surface area contributed by atoms with Crippen LogP contribution in [0.3, 0.4) is 0 Å². The zero-order valence-electron chi connectivity index (χ0n) is 8.10. The van der Waals surface area contributed by atoms with Crippen LogP contribution < -0.4 is 0 Å². The summed E-state index contributed by atoms with van der Waals surface area (Å²) in [4.78, 5) is 0. The Morgan fingerprint density at radius 1 is 1.75 bits per heavy atom. The van der Waals surface area contributed by atoms with Crippen LogP contribution in [0, 0.1) is 5.92 Å². The van der Waals surface area contributed by atoms with E-state index >= 15 is 0 Å². The minimum Gasteiger partial charge on any atom is -0.380 e. The van der Waals surface area contributed by atoms with Crippen LogP contribution in [0.25, 0.3) is 0 Å². The number of ether oxygens (including phenoxy) is 1. The normalized spacial score (nSPS) is 23.5. The highest BCUT2D eigenvalue weighted by molar-refractivity contribution is 5.11. The SMILES string of the molecule is C=C(COC)[C@H]1CC=C(C)CC1. The third-order valence-electron chi connectivity index (χ3n) is 2.55. The molecule has 1 rings (SSSR count). The molecule has 0 aliphatic heterocycles. The maximum atomic E-state index is 5.06. The molecule has 0 fully saturated rings. The molecule has 0 N–H and O–H groups in total. The summed E-state index contributed by atoms with van der Waals surface area (Å²) in [5, 5.41) is 0. The number of rotatable bonds is 3. The van der Waals surface area contributed by atoms with Gasteiger partial charge in [0, 0.05) is 7.11 Å². The first-order valence-corrected chi connectivity index (χ1v) is 4.56. The summed E-state index contributed by atoms with van der Waals surface area (Å²) < 4.78 is 5.06. The van der Waals surface area contributed by atoms with Crippen LogP contribution in [-0.4, -0.2) is 13.7 Å². The van der Waals surface area contributed by atoms with Gasteiger partial charge in [0.1, 0.15) is 0 Å². The number of methoxy groups -OCH3 is 1. The highest BCUT2D eigenvalue weighted by atomic mass is 16.5. The minimum atomic E-state index is 0.661. The second-order valence-electron chi connectivity index (χ2n) is 3.61. The maximum Gasteiger partial charge on any atom is 0.0673 e. The summed E-state index contributed by atoms with van der Waals surface area (Å²) in [5.41, 5.74) is 2.78. The van der Waals surface area contributed by atoms with Gasteiger partial charge in [-0.2, -0.15) is 0 Å². The van der Waals surface area contributed by atoms with Crippen molar-refractivity contribution in [3.63, 3.8) is 0 Å². The molecule has 0 bridgehead atoms. The highest BCUT2D eigenvalue weighted by Crippen LogP contribution is 2.27. The van der Waals surface area contributed by atoms with E-state index < -0.39 is 0 Å². The predicted molar refractivity (Wildman–Crippen MR) is 52.1 cm³/mol. The van der Waals surface area contributed by atoms with E-state index in [1.807, 2.05) is 0 Å². The molecule has 12 heavy (non-hydrogen) atoms. The summed E-state index contributed by atoms with van der Waals surface area (Å²) in [6, 6.07) is 0. The van der Waals surface area contributed by atoms with Crippen molar-refractivity contribution in [3.05, 3.63) is 23.8 Å². The smallest absolute Gasteiger partial charge is 0.0673 e. The first-order valence-electron chi connectivity index (χ1n) is 4.56. The largest absolute Gasteiger partial charge is 0.380 e. The average molecular weight is 166 g/mol. The Morgan fingerprint density at radius 2 is 2.50 bits per heavy atom. The second kappa shape index (κ2) is 4.46. The van der Waals surface area contributed by atoms with E-state index in [1.165, 1.54) is 24.0 Å². The molecule has 1 nitrogen and oxygen atoms in total. The van der Waals surface area contributed by atoms with Crippen molar-refractivity contribution in [1.82, 2.24) is 0 Å². The third kappa shape index (κ3) is 2.49. The van der Waals surface area contributed by atoms with Gasteiger partial charge in [0.25, 0.3) is 0 Å². The molecule has 0 unspecified atom stereocenters.